The van der Waals surface area contributed by atoms with Gasteiger partial charge in [-0.1, -0.05) is 38.1 Å². The summed E-state index contributed by atoms with van der Waals surface area (Å²) in [4.78, 5) is 40.0. The van der Waals surface area contributed by atoms with Crippen molar-refractivity contribution in [3.63, 3.8) is 0 Å². The molecule has 2 fully saturated rings. The van der Waals surface area contributed by atoms with Gasteiger partial charge in [0.15, 0.2) is 0 Å². The number of carbonyl (C=O) groups excluding carboxylic acids is 3. The second-order valence-corrected chi connectivity index (χ2v) is 7.66. The Balaban J connectivity index is 1.70. The van der Waals surface area contributed by atoms with Crippen LogP contribution < -0.4 is 0 Å². The quantitative estimate of drug-likeness (QED) is 0.590. The molecule has 1 amide bonds. The van der Waals surface area contributed by atoms with Crippen molar-refractivity contribution in [3.05, 3.63) is 35.4 Å². The van der Waals surface area contributed by atoms with E-state index < -0.39 is 16.6 Å². The lowest BCUT2D eigenvalue weighted by Gasteiger charge is -2.40. The first-order valence-corrected chi connectivity index (χ1v) is 8.34. The number of amides is 1. The Bertz CT molecular complexity index is 736. The van der Waals surface area contributed by atoms with Crippen molar-refractivity contribution in [2.24, 2.45) is 16.7 Å². The predicted octanol–water partition coefficient (Wildman–Crippen LogP) is 2.15. The van der Waals surface area contributed by atoms with Crippen LogP contribution in [0.5, 0.6) is 0 Å². The zero-order chi connectivity index (χ0) is 16.4. The van der Waals surface area contributed by atoms with Crippen LogP contribution in [0.15, 0.2) is 24.3 Å². The summed E-state index contributed by atoms with van der Waals surface area (Å²) in [6.07, 6.45) is 1.99. The molecule has 0 N–H and O–H groups in total. The van der Waals surface area contributed by atoms with Crippen LogP contribution >= 0.6 is 0 Å². The van der Waals surface area contributed by atoms with E-state index in [1.165, 1.54) is 5.56 Å². The molecule has 4 nitrogen and oxygen atoms in total. The van der Waals surface area contributed by atoms with Crippen LogP contribution in [-0.2, 0) is 27.3 Å². The highest BCUT2D eigenvalue weighted by Crippen LogP contribution is 2.63. The van der Waals surface area contributed by atoms with Gasteiger partial charge in [-0.25, -0.2) is 0 Å². The summed E-state index contributed by atoms with van der Waals surface area (Å²) in [7, 11) is 0. The van der Waals surface area contributed by atoms with Crippen molar-refractivity contribution in [2.45, 2.75) is 39.7 Å². The van der Waals surface area contributed by atoms with Crippen molar-refractivity contribution < 1.29 is 14.4 Å². The normalized spacial score (nSPS) is 31.4. The van der Waals surface area contributed by atoms with E-state index in [0.717, 1.165) is 12.0 Å². The van der Waals surface area contributed by atoms with Gasteiger partial charge in [-0.3, -0.25) is 14.4 Å². The molecule has 0 saturated heterocycles. The maximum atomic E-state index is 13.3. The van der Waals surface area contributed by atoms with Gasteiger partial charge in [-0.15, -0.1) is 0 Å². The third-order valence-corrected chi connectivity index (χ3v) is 6.49. The van der Waals surface area contributed by atoms with Gasteiger partial charge in [0.1, 0.15) is 5.41 Å². The number of benzene rings is 1. The second kappa shape index (κ2) is 4.53. The van der Waals surface area contributed by atoms with Crippen LogP contribution in [0.2, 0.25) is 0 Å². The number of carbonyl (C=O) groups is 3. The van der Waals surface area contributed by atoms with Crippen LogP contribution in [0, 0.1) is 16.7 Å². The number of ketones is 2. The summed E-state index contributed by atoms with van der Waals surface area (Å²) in [5.41, 5.74) is 0.732. The fourth-order valence-electron chi connectivity index (χ4n) is 4.99. The van der Waals surface area contributed by atoms with E-state index in [0.29, 0.717) is 25.9 Å². The number of rotatable bonds is 1. The maximum absolute atomic E-state index is 13.3. The van der Waals surface area contributed by atoms with E-state index in [-0.39, 0.29) is 17.6 Å². The Labute approximate surface area is 135 Å². The van der Waals surface area contributed by atoms with E-state index in [9.17, 15) is 14.4 Å². The molecule has 0 spiro atoms. The summed E-state index contributed by atoms with van der Waals surface area (Å²) >= 11 is 0. The molecule has 120 valence electrons. The number of nitrogens with zero attached hydrogens (tertiary/aromatic N) is 1. The lowest BCUT2D eigenvalue weighted by atomic mass is 9.67. The Morgan fingerprint density at radius 2 is 1.87 bits per heavy atom. The molecule has 2 bridgehead atoms. The zero-order valence-electron chi connectivity index (χ0n) is 13.6. The topological polar surface area (TPSA) is 54.5 Å². The molecule has 0 unspecified atom stereocenters. The second-order valence-electron chi connectivity index (χ2n) is 7.66. The molecule has 1 aromatic rings. The minimum Gasteiger partial charge on any atom is -0.337 e. The molecule has 1 aromatic carbocycles. The average Bonchev–Trinajstić information content (AvgIpc) is 2.90. The summed E-state index contributed by atoms with van der Waals surface area (Å²) in [6, 6.07) is 8.12. The third-order valence-electron chi connectivity index (χ3n) is 6.49. The Hall–Kier alpha value is -1.97. The van der Waals surface area contributed by atoms with Crippen LogP contribution in [0.1, 0.15) is 37.8 Å². The van der Waals surface area contributed by atoms with E-state index in [1.54, 1.807) is 4.90 Å². The molecular formula is C19H21NO3. The van der Waals surface area contributed by atoms with Gasteiger partial charge in [0.05, 0.1) is 0 Å². The molecule has 3 aliphatic rings. The van der Waals surface area contributed by atoms with E-state index in [1.807, 2.05) is 32.0 Å². The minimum absolute atomic E-state index is 0.129. The van der Waals surface area contributed by atoms with Gasteiger partial charge in [0.25, 0.3) is 0 Å². The third kappa shape index (κ3) is 1.64. The first kappa shape index (κ1) is 14.6. The average molecular weight is 311 g/mol. The van der Waals surface area contributed by atoms with Crippen LogP contribution in [0.4, 0.5) is 0 Å². The monoisotopic (exact) mass is 311 g/mol. The largest absolute Gasteiger partial charge is 0.337 e. The van der Waals surface area contributed by atoms with E-state index >= 15 is 0 Å². The standard InChI is InChI=1S/C19H21NO3/c1-18(2)14-7-9-19(18,16(22)15(14)21)17(23)20-10-8-12-5-3-4-6-13(12)11-20/h3-6,14H,7-11H2,1-2H3/t14-,19-/m0/s1. The van der Waals surface area contributed by atoms with Crippen molar-refractivity contribution in [1.82, 2.24) is 4.90 Å². The number of Topliss-reactive ketones (excluding diaryl/α,β-unsaturated/α-hetero) is 2. The highest BCUT2D eigenvalue weighted by molar-refractivity contribution is 6.47. The minimum atomic E-state index is -1.12. The molecule has 2 saturated carbocycles. The lowest BCUT2D eigenvalue weighted by molar-refractivity contribution is -0.156. The van der Waals surface area contributed by atoms with E-state index in [4.69, 9.17) is 0 Å². The number of hydrogen-bond donors (Lipinski definition) is 0. The van der Waals surface area contributed by atoms with Gasteiger partial charge in [0.2, 0.25) is 17.5 Å². The molecule has 1 aliphatic heterocycles. The zero-order valence-corrected chi connectivity index (χ0v) is 13.6. The first-order valence-electron chi connectivity index (χ1n) is 8.34. The Morgan fingerprint density at radius 1 is 1.17 bits per heavy atom. The fourth-order valence-corrected chi connectivity index (χ4v) is 4.99. The number of hydrogen-bond acceptors (Lipinski definition) is 3. The van der Waals surface area contributed by atoms with Crippen molar-refractivity contribution in [3.8, 4) is 0 Å². The fraction of sp³-hybridized carbons (Fsp3) is 0.526. The van der Waals surface area contributed by atoms with Crippen LogP contribution in [0.25, 0.3) is 0 Å². The molecular weight excluding hydrogens is 290 g/mol. The maximum Gasteiger partial charge on any atom is 0.237 e. The van der Waals surface area contributed by atoms with Gasteiger partial charge >= 0.3 is 0 Å². The molecule has 2 atom stereocenters. The van der Waals surface area contributed by atoms with E-state index in [2.05, 4.69) is 6.07 Å². The van der Waals surface area contributed by atoms with Gasteiger partial charge in [0, 0.05) is 19.0 Å². The highest BCUT2D eigenvalue weighted by Gasteiger charge is 2.73. The molecule has 23 heavy (non-hydrogen) atoms. The molecule has 0 radical (unpaired) electrons. The molecule has 4 rings (SSSR count). The summed E-state index contributed by atoms with van der Waals surface area (Å²) < 4.78 is 0. The van der Waals surface area contributed by atoms with Crippen molar-refractivity contribution in [1.29, 1.82) is 0 Å². The highest BCUT2D eigenvalue weighted by atomic mass is 16.2. The van der Waals surface area contributed by atoms with Crippen LogP contribution in [0.3, 0.4) is 0 Å². The summed E-state index contributed by atoms with van der Waals surface area (Å²) in [5, 5.41) is 0. The molecule has 0 aromatic heterocycles. The molecule has 1 heterocycles. The smallest absolute Gasteiger partial charge is 0.237 e. The lowest BCUT2D eigenvalue weighted by Crippen LogP contribution is -2.53. The van der Waals surface area contributed by atoms with Crippen LogP contribution in [-0.4, -0.2) is 28.9 Å². The summed E-state index contributed by atoms with van der Waals surface area (Å²) in [6.45, 7) is 5.01. The van der Waals surface area contributed by atoms with Crippen molar-refractivity contribution >= 4 is 17.5 Å². The van der Waals surface area contributed by atoms with Gasteiger partial charge in [-0.2, -0.15) is 0 Å². The Kier molecular flexibility index (Phi) is 2.88. The van der Waals surface area contributed by atoms with Gasteiger partial charge in [-0.05, 0) is 35.8 Å². The van der Waals surface area contributed by atoms with Crippen molar-refractivity contribution in [2.75, 3.05) is 6.54 Å². The predicted molar refractivity (Wildman–Crippen MR) is 84.5 cm³/mol. The molecule has 4 heteroatoms. The first-order chi connectivity index (χ1) is 10.9. The summed E-state index contributed by atoms with van der Waals surface area (Å²) in [5.74, 6) is -1.18. The SMILES string of the molecule is CC1(C)[C@H]2CC[C@@]1(C(=O)N1CCc3ccccc3C1)C(=O)C2=O. The Morgan fingerprint density at radius 3 is 2.52 bits per heavy atom. The molecule has 2 aliphatic carbocycles. The number of fused-ring (bicyclic) bond motifs is 3. The van der Waals surface area contributed by atoms with Gasteiger partial charge < -0.3 is 4.90 Å².